The van der Waals surface area contributed by atoms with Gasteiger partial charge in [0.15, 0.2) is 0 Å². The van der Waals surface area contributed by atoms with E-state index in [4.69, 9.17) is 23.2 Å². The van der Waals surface area contributed by atoms with Crippen LogP contribution in [0.15, 0.2) is 40.9 Å². The van der Waals surface area contributed by atoms with E-state index in [-0.39, 0.29) is 6.04 Å². The van der Waals surface area contributed by atoms with Gasteiger partial charge in [-0.25, -0.2) is 0 Å². The average Bonchev–Trinajstić information content (AvgIpc) is 2.43. The first-order chi connectivity index (χ1) is 9.56. The predicted molar refractivity (Wildman–Crippen MR) is 90.9 cm³/mol. The van der Waals surface area contributed by atoms with Crippen molar-refractivity contribution < 1.29 is 0 Å². The fourth-order valence-corrected chi connectivity index (χ4v) is 3.07. The maximum Gasteiger partial charge on any atom is 0.0643 e. The zero-order chi connectivity index (χ0) is 14.7. The van der Waals surface area contributed by atoms with E-state index < -0.39 is 0 Å². The molecule has 2 aromatic carbocycles. The van der Waals surface area contributed by atoms with Crippen LogP contribution in [0, 0.1) is 6.92 Å². The van der Waals surface area contributed by atoms with Crippen molar-refractivity contribution >= 4 is 39.1 Å². The molecule has 1 unspecified atom stereocenters. The van der Waals surface area contributed by atoms with Crippen LogP contribution in [0.3, 0.4) is 0 Å². The molecule has 0 aromatic heterocycles. The molecule has 0 aliphatic heterocycles. The van der Waals surface area contributed by atoms with Gasteiger partial charge < -0.3 is 5.32 Å². The smallest absolute Gasteiger partial charge is 0.0643 e. The lowest BCUT2D eigenvalue weighted by atomic mass is 9.95. The SMILES string of the molecule is CCNC(c1cccc(Br)c1C)c1cccc(Cl)c1Cl. The summed E-state index contributed by atoms with van der Waals surface area (Å²) in [5.41, 5.74) is 3.40. The van der Waals surface area contributed by atoms with Gasteiger partial charge in [-0.1, -0.05) is 70.3 Å². The molecule has 0 amide bonds. The lowest BCUT2D eigenvalue weighted by Crippen LogP contribution is -2.23. The van der Waals surface area contributed by atoms with Crippen molar-refractivity contribution in [2.24, 2.45) is 0 Å². The highest BCUT2D eigenvalue weighted by Gasteiger charge is 2.19. The van der Waals surface area contributed by atoms with E-state index in [1.807, 2.05) is 30.3 Å². The molecule has 106 valence electrons. The quantitative estimate of drug-likeness (QED) is 0.718. The minimum atomic E-state index is 0.0312. The van der Waals surface area contributed by atoms with E-state index in [0.717, 1.165) is 16.6 Å². The van der Waals surface area contributed by atoms with Crippen LogP contribution in [0.5, 0.6) is 0 Å². The molecule has 0 saturated carbocycles. The van der Waals surface area contributed by atoms with Crippen molar-refractivity contribution in [1.29, 1.82) is 0 Å². The summed E-state index contributed by atoms with van der Waals surface area (Å²) in [6.07, 6.45) is 0. The number of nitrogens with one attached hydrogen (secondary N) is 1. The van der Waals surface area contributed by atoms with Crippen LogP contribution in [0.1, 0.15) is 29.7 Å². The van der Waals surface area contributed by atoms with Crippen LogP contribution >= 0.6 is 39.1 Å². The summed E-state index contributed by atoms with van der Waals surface area (Å²) >= 11 is 16.1. The first kappa shape index (κ1) is 15.8. The summed E-state index contributed by atoms with van der Waals surface area (Å²) in [6.45, 7) is 5.03. The maximum atomic E-state index is 6.38. The van der Waals surface area contributed by atoms with E-state index in [1.54, 1.807) is 0 Å². The Labute approximate surface area is 138 Å². The third-order valence-electron chi connectivity index (χ3n) is 3.32. The Kier molecular flexibility index (Phi) is 5.50. The van der Waals surface area contributed by atoms with E-state index in [0.29, 0.717) is 10.0 Å². The topological polar surface area (TPSA) is 12.0 Å². The Bertz CT molecular complexity index is 562. The van der Waals surface area contributed by atoms with Crippen LogP contribution in [-0.4, -0.2) is 6.54 Å². The molecule has 0 bridgehead atoms. The summed E-state index contributed by atoms with van der Waals surface area (Å²) in [7, 11) is 0. The summed E-state index contributed by atoms with van der Waals surface area (Å²) < 4.78 is 1.09. The third kappa shape index (κ3) is 3.20. The van der Waals surface area contributed by atoms with E-state index >= 15 is 0 Å². The van der Waals surface area contributed by atoms with Gasteiger partial charge in [0.05, 0.1) is 16.1 Å². The highest BCUT2D eigenvalue weighted by atomic mass is 79.9. The summed E-state index contributed by atoms with van der Waals surface area (Å²) in [6, 6.07) is 12.0. The van der Waals surface area contributed by atoms with Gasteiger partial charge in [-0.05, 0) is 42.3 Å². The lowest BCUT2D eigenvalue weighted by molar-refractivity contribution is 0.627. The van der Waals surface area contributed by atoms with Crippen molar-refractivity contribution in [2.75, 3.05) is 6.54 Å². The van der Waals surface area contributed by atoms with Crippen molar-refractivity contribution in [1.82, 2.24) is 5.32 Å². The Hall–Kier alpha value is -0.540. The molecule has 20 heavy (non-hydrogen) atoms. The van der Waals surface area contributed by atoms with Crippen LogP contribution in [0.4, 0.5) is 0 Å². The highest BCUT2D eigenvalue weighted by Crippen LogP contribution is 2.35. The molecule has 0 radical (unpaired) electrons. The number of hydrogen-bond donors (Lipinski definition) is 1. The van der Waals surface area contributed by atoms with E-state index in [1.165, 1.54) is 11.1 Å². The van der Waals surface area contributed by atoms with Crippen LogP contribution in [0.25, 0.3) is 0 Å². The molecule has 2 rings (SSSR count). The Balaban J connectivity index is 2.56. The molecule has 0 aliphatic rings. The molecule has 0 spiro atoms. The second-order valence-corrected chi connectivity index (χ2v) is 6.23. The van der Waals surface area contributed by atoms with E-state index in [9.17, 15) is 0 Å². The molecule has 4 heteroatoms. The standard InChI is InChI=1S/C16H16BrCl2N/c1-3-20-16(11-6-4-8-13(17)10(11)2)12-7-5-9-14(18)15(12)19/h4-9,16,20H,3H2,1-2H3. The molecular formula is C16H16BrCl2N. The number of hydrogen-bond acceptors (Lipinski definition) is 1. The van der Waals surface area contributed by atoms with Gasteiger partial charge in [0.25, 0.3) is 0 Å². The monoisotopic (exact) mass is 371 g/mol. The van der Waals surface area contributed by atoms with Crippen molar-refractivity contribution in [2.45, 2.75) is 19.9 Å². The fourth-order valence-electron chi connectivity index (χ4n) is 2.27. The van der Waals surface area contributed by atoms with Crippen molar-refractivity contribution in [3.8, 4) is 0 Å². The number of benzene rings is 2. The molecule has 0 aliphatic carbocycles. The zero-order valence-electron chi connectivity index (χ0n) is 11.4. The summed E-state index contributed by atoms with van der Waals surface area (Å²) in [5.74, 6) is 0. The van der Waals surface area contributed by atoms with Crippen molar-refractivity contribution in [3.05, 3.63) is 67.6 Å². The first-order valence-corrected chi connectivity index (χ1v) is 8.03. The Morgan fingerprint density at radius 1 is 1.10 bits per heavy atom. The molecular weight excluding hydrogens is 357 g/mol. The van der Waals surface area contributed by atoms with Gasteiger partial charge in [-0.15, -0.1) is 0 Å². The van der Waals surface area contributed by atoms with Gasteiger partial charge in [0, 0.05) is 4.47 Å². The number of rotatable bonds is 4. The van der Waals surface area contributed by atoms with Gasteiger partial charge in [0.1, 0.15) is 0 Å². The van der Waals surface area contributed by atoms with Gasteiger partial charge >= 0.3 is 0 Å². The van der Waals surface area contributed by atoms with Gasteiger partial charge in [-0.3, -0.25) is 0 Å². The molecule has 0 fully saturated rings. The largest absolute Gasteiger partial charge is 0.306 e. The van der Waals surface area contributed by atoms with Crippen molar-refractivity contribution in [3.63, 3.8) is 0 Å². The summed E-state index contributed by atoms with van der Waals surface area (Å²) in [5, 5.41) is 4.68. The average molecular weight is 373 g/mol. The summed E-state index contributed by atoms with van der Waals surface area (Å²) in [4.78, 5) is 0. The Morgan fingerprint density at radius 3 is 2.45 bits per heavy atom. The van der Waals surface area contributed by atoms with Gasteiger partial charge in [-0.2, -0.15) is 0 Å². The van der Waals surface area contributed by atoms with Gasteiger partial charge in [0.2, 0.25) is 0 Å². The normalized spacial score (nSPS) is 12.4. The first-order valence-electron chi connectivity index (χ1n) is 6.48. The molecule has 0 heterocycles. The molecule has 1 nitrogen and oxygen atoms in total. The second-order valence-electron chi connectivity index (χ2n) is 4.59. The second kappa shape index (κ2) is 6.95. The number of halogens is 3. The van der Waals surface area contributed by atoms with Crippen LogP contribution in [0.2, 0.25) is 10.0 Å². The minimum Gasteiger partial charge on any atom is -0.306 e. The Morgan fingerprint density at radius 2 is 1.75 bits per heavy atom. The molecule has 0 saturated heterocycles. The minimum absolute atomic E-state index is 0.0312. The van der Waals surface area contributed by atoms with Crippen LogP contribution < -0.4 is 5.32 Å². The zero-order valence-corrected chi connectivity index (χ0v) is 14.5. The fraction of sp³-hybridized carbons (Fsp3) is 0.250. The van der Waals surface area contributed by atoms with Crippen LogP contribution in [-0.2, 0) is 0 Å². The third-order valence-corrected chi connectivity index (χ3v) is 5.01. The molecule has 1 N–H and O–H groups in total. The maximum absolute atomic E-state index is 6.38. The highest BCUT2D eigenvalue weighted by molar-refractivity contribution is 9.10. The lowest BCUT2D eigenvalue weighted by Gasteiger charge is -2.23. The predicted octanol–water partition coefficient (Wildman–Crippen LogP) is 5.76. The molecule has 1 atom stereocenters. The molecule has 2 aromatic rings. The van der Waals surface area contributed by atoms with E-state index in [2.05, 4.69) is 41.2 Å².